The molecule has 2 aromatic heterocycles. The lowest BCUT2D eigenvalue weighted by molar-refractivity contribution is 0.207. The first-order valence-electron chi connectivity index (χ1n) is 5.50. The third kappa shape index (κ3) is 2.55. The molecular formula is C10H11N3O3S3. The van der Waals surface area contributed by atoms with Gasteiger partial charge in [0.05, 0.1) is 28.2 Å². The molecule has 6 nitrogen and oxygen atoms in total. The quantitative estimate of drug-likeness (QED) is 0.778. The van der Waals surface area contributed by atoms with Crippen LogP contribution in [0.2, 0.25) is 0 Å². The minimum Gasteiger partial charge on any atom is -0.391 e. The molecule has 19 heavy (non-hydrogen) atoms. The molecule has 102 valence electrons. The van der Waals surface area contributed by atoms with Crippen LogP contribution in [0.25, 0.3) is 10.2 Å². The van der Waals surface area contributed by atoms with E-state index in [0.29, 0.717) is 11.0 Å². The number of nitrogens with zero attached hydrogens (tertiary/aromatic N) is 2. The normalized spacial score (nSPS) is 25.9. The van der Waals surface area contributed by atoms with Gasteiger partial charge in [0.25, 0.3) is 0 Å². The van der Waals surface area contributed by atoms with Gasteiger partial charge < -0.3 is 10.8 Å². The molecule has 0 aliphatic carbocycles. The number of nitrogens with two attached hydrogens (primary N) is 1. The maximum Gasteiger partial charge on any atom is 0.191 e. The first-order valence-corrected chi connectivity index (χ1v) is 9.08. The highest BCUT2D eigenvalue weighted by Gasteiger charge is 2.37. The Kier molecular flexibility index (Phi) is 3.16. The Hall–Kier alpha value is -0.900. The van der Waals surface area contributed by atoms with Gasteiger partial charge in [0.2, 0.25) is 0 Å². The molecular weight excluding hydrogens is 306 g/mol. The number of nitrogen functional groups attached to an aromatic ring is 1. The Labute approximate surface area is 118 Å². The zero-order valence-corrected chi connectivity index (χ0v) is 12.1. The van der Waals surface area contributed by atoms with Crippen molar-refractivity contribution >= 4 is 49.0 Å². The summed E-state index contributed by atoms with van der Waals surface area (Å²) >= 11 is 2.62. The second-order valence-electron chi connectivity index (χ2n) is 4.33. The summed E-state index contributed by atoms with van der Waals surface area (Å²) in [5.41, 5.74) is 5.83. The highest BCUT2D eigenvalue weighted by atomic mass is 32.2. The predicted octanol–water partition coefficient (Wildman–Crippen LogP) is 0.523. The minimum absolute atomic E-state index is 0.0510. The molecule has 2 unspecified atom stereocenters. The van der Waals surface area contributed by atoms with Crippen molar-refractivity contribution < 1.29 is 13.5 Å². The molecule has 1 aliphatic rings. The van der Waals surface area contributed by atoms with E-state index in [2.05, 4.69) is 9.97 Å². The first kappa shape index (κ1) is 13.1. The minimum atomic E-state index is -3.16. The van der Waals surface area contributed by atoms with Crippen LogP contribution in [-0.2, 0) is 9.84 Å². The number of rotatable bonds is 2. The number of fused-ring (bicyclic) bond motifs is 1. The molecule has 0 saturated carbocycles. The van der Waals surface area contributed by atoms with Crippen molar-refractivity contribution in [3.05, 3.63) is 11.4 Å². The van der Waals surface area contributed by atoms with Gasteiger partial charge in [-0.25, -0.2) is 18.4 Å². The fourth-order valence-electron chi connectivity index (χ4n) is 1.96. The number of hydrogen-bond acceptors (Lipinski definition) is 8. The summed E-state index contributed by atoms with van der Waals surface area (Å²) in [4.78, 5) is 9.24. The maximum atomic E-state index is 11.4. The fraction of sp³-hybridized carbons (Fsp3) is 0.400. The Morgan fingerprint density at radius 1 is 1.42 bits per heavy atom. The lowest BCUT2D eigenvalue weighted by atomic mass is 10.3. The number of hydrogen-bond donors (Lipinski definition) is 2. The van der Waals surface area contributed by atoms with Gasteiger partial charge in [-0.1, -0.05) is 11.8 Å². The molecule has 3 rings (SSSR count). The lowest BCUT2D eigenvalue weighted by Gasteiger charge is -2.10. The molecule has 0 spiro atoms. The van der Waals surface area contributed by atoms with Gasteiger partial charge in [-0.05, 0) is 11.4 Å². The number of thioether (sulfide) groups is 1. The van der Waals surface area contributed by atoms with E-state index in [1.807, 2.05) is 11.4 Å². The third-order valence-corrected chi connectivity index (χ3v) is 6.77. The number of anilines is 1. The summed E-state index contributed by atoms with van der Waals surface area (Å²) in [6.45, 7) is 0. The monoisotopic (exact) mass is 317 g/mol. The van der Waals surface area contributed by atoms with Gasteiger partial charge in [-0.3, -0.25) is 0 Å². The molecule has 2 aromatic rings. The largest absolute Gasteiger partial charge is 0.391 e. The van der Waals surface area contributed by atoms with Crippen LogP contribution in [0.15, 0.2) is 16.6 Å². The van der Waals surface area contributed by atoms with Crippen molar-refractivity contribution in [1.82, 2.24) is 9.97 Å². The molecule has 0 amide bonds. The van der Waals surface area contributed by atoms with Crippen molar-refractivity contribution in [3.63, 3.8) is 0 Å². The zero-order valence-electron chi connectivity index (χ0n) is 9.68. The Bertz CT molecular complexity index is 728. The van der Waals surface area contributed by atoms with E-state index in [9.17, 15) is 13.5 Å². The van der Waals surface area contributed by atoms with Gasteiger partial charge in [0, 0.05) is 0 Å². The molecule has 1 aliphatic heterocycles. The van der Waals surface area contributed by atoms with E-state index in [0.717, 1.165) is 10.2 Å². The molecule has 1 saturated heterocycles. The van der Waals surface area contributed by atoms with Crippen LogP contribution in [-0.4, -0.2) is 46.4 Å². The number of sulfone groups is 1. The van der Waals surface area contributed by atoms with Gasteiger partial charge >= 0.3 is 0 Å². The highest BCUT2D eigenvalue weighted by molar-refractivity contribution is 8.01. The molecule has 9 heteroatoms. The van der Waals surface area contributed by atoms with Crippen LogP contribution in [0, 0.1) is 0 Å². The van der Waals surface area contributed by atoms with E-state index in [4.69, 9.17) is 5.73 Å². The summed E-state index contributed by atoms with van der Waals surface area (Å²) in [5.74, 6) is 0.135. The lowest BCUT2D eigenvalue weighted by Crippen LogP contribution is -2.20. The van der Waals surface area contributed by atoms with Gasteiger partial charge in [-0.2, -0.15) is 0 Å². The smallest absolute Gasteiger partial charge is 0.191 e. The molecule has 3 N–H and O–H groups in total. The summed E-state index contributed by atoms with van der Waals surface area (Å²) in [5, 5.41) is 12.4. The Morgan fingerprint density at radius 3 is 2.89 bits per heavy atom. The van der Waals surface area contributed by atoms with E-state index < -0.39 is 21.2 Å². The number of aliphatic hydroxyl groups is 1. The zero-order chi connectivity index (χ0) is 13.6. The summed E-state index contributed by atoms with van der Waals surface area (Å²) in [6, 6.07) is 1.85. The molecule has 0 radical (unpaired) electrons. The SMILES string of the molecule is Nc1nc(SC2CS(=O)(=O)CC2O)nc2sccc12. The Morgan fingerprint density at radius 2 is 2.21 bits per heavy atom. The second-order valence-corrected chi connectivity index (χ2v) is 8.59. The second kappa shape index (κ2) is 4.58. The predicted molar refractivity (Wildman–Crippen MR) is 76.1 cm³/mol. The Balaban J connectivity index is 1.89. The molecule has 0 bridgehead atoms. The van der Waals surface area contributed by atoms with E-state index in [1.54, 1.807) is 0 Å². The molecule has 1 fully saturated rings. The van der Waals surface area contributed by atoms with Crippen molar-refractivity contribution in [2.24, 2.45) is 0 Å². The van der Waals surface area contributed by atoms with Crippen LogP contribution in [0.4, 0.5) is 5.82 Å². The van der Waals surface area contributed by atoms with E-state index in [1.165, 1.54) is 23.1 Å². The van der Waals surface area contributed by atoms with E-state index in [-0.39, 0.29) is 11.5 Å². The van der Waals surface area contributed by atoms with Gasteiger partial charge in [0.15, 0.2) is 15.0 Å². The van der Waals surface area contributed by atoms with Crippen molar-refractivity contribution in [1.29, 1.82) is 0 Å². The summed E-state index contributed by atoms with van der Waals surface area (Å²) in [6.07, 6.45) is -0.876. The topological polar surface area (TPSA) is 106 Å². The fourth-order valence-corrected chi connectivity index (χ4v) is 6.23. The van der Waals surface area contributed by atoms with Crippen molar-refractivity contribution in [3.8, 4) is 0 Å². The summed E-state index contributed by atoms with van der Waals surface area (Å²) in [7, 11) is -3.16. The van der Waals surface area contributed by atoms with Crippen LogP contribution < -0.4 is 5.73 Å². The van der Waals surface area contributed by atoms with Crippen LogP contribution in [0.5, 0.6) is 0 Å². The number of thiophene rings is 1. The molecule has 0 aromatic carbocycles. The average Bonchev–Trinajstić information content (AvgIpc) is 2.84. The van der Waals surface area contributed by atoms with Crippen molar-refractivity contribution in [2.45, 2.75) is 16.5 Å². The van der Waals surface area contributed by atoms with Gasteiger partial charge in [0.1, 0.15) is 10.6 Å². The summed E-state index contributed by atoms with van der Waals surface area (Å²) < 4.78 is 22.9. The van der Waals surface area contributed by atoms with Crippen LogP contribution in [0.3, 0.4) is 0 Å². The number of aromatic nitrogens is 2. The van der Waals surface area contributed by atoms with Crippen LogP contribution in [0.1, 0.15) is 0 Å². The molecule has 2 atom stereocenters. The number of aliphatic hydroxyl groups excluding tert-OH is 1. The van der Waals surface area contributed by atoms with Gasteiger partial charge in [-0.15, -0.1) is 11.3 Å². The highest BCUT2D eigenvalue weighted by Crippen LogP contribution is 2.32. The van der Waals surface area contributed by atoms with Crippen molar-refractivity contribution in [2.75, 3.05) is 17.2 Å². The standard InChI is InChI=1S/C10H11N3O3S3/c11-8-5-1-2-17-9(5)13-10(12-8)18-7-4-19(15,16)3-6(7)14/h1-2,6-7,14H,3-4H2,(H2,11,12,13). The van der Waals surface area contributed by atoms with E-state index >= 15 is 0 Å². The third-order valence-electron chi connectivity index (χ3n) is 2.86. The molecule has 3 heterocycles. The maximum absolute atomic E-state index is 11.4. The van der Waals surface area contributed by atoms with Crippen LogP contribution >= 0.6 is 23.1 Å². The average molecular weight is 317 g/mol. The first-order chi connectivity index (χ1) is 8.94.